The van der Waals surface area contributed by atoms with Gasteiger partial charge in [0.2, 0.25) is 5.95 Å². The molecule has 118 valence electrons. The number of nitrogens with zero attached hydrogens (tertiary/aromatic N) is 4. The molecule has 1 amide bonds. The maximum absolute atomic E-state index is 12.7. The van der Waals surface area contributed by atoms with Crippen molar-refractivity contribution in [2.45, 2.75) is 32.7 Å². The summed E-state index contributed by atoms with van der Waals surface area (Å²) >= 11 is 1.56. The molecule has 1 saturated carbocycles. The van der Waals surface area contributed by atoms with E-state index in [0.717, 1.165) is 29.2 Å². The normalized spacial score (nSPS) is 14.2. The predicted molar refractivity (Wildman–Crippen MR) is 89.4 cm³/mol. The van der Waals surface area contributed by atoms with Gasteiger partial charge in [0.05, 0.1) is 5.56 Å². The summed E-state index contributed by atoms with van der Waals surface area (Å²) in [4.78, 5) is 12.7. The van der Waals surface area contributed by atoms with Crippen LogP contribution in [0.5, 0.6) is 0 Å². The number of nitrogens with one attached hydrogen (secondary N) is 1. The highest BCUT2D eigenvalue weighted by atomic mass is 32.1. The molecule has 0 unspecified atom stereocenters. The van der Waals surface area contributed by atoms with Crippen LogP contribution >= 0.6 is 11.3 Å². The maximum atomic E-state index is 12.7. The summed E-state index contributed by atoms with van der Waals surface area (Å²) in [6.45, 7) is 4.08. The standard InChI is InChI=1S/C16H17N5OS/c1-10-3-4-11(2)21(10)15-13(7-8-23-15)14(22)18-16-19-17-9-20(16)12-5-6-12/h3-4,7-9,12H,5-6H2,1-2H3,(H,18,19,22). The Kier molecular flexibility index (Phi) is 3.30. The van der Waals surface area contributed by atoms with Crippen molar-refractivity contribution in [1.29, 1.82) is 0 Å². The number of aryl methyl sites for hydroxylation is 2. The molecule has 0 atom stereocenters. The molecule has 3 heterocycles. The molecule has 1 aliphatic carbocycles. The topological polar surface area (TPSA) is 64.7 Å². The molecule has 0 aromatic carbocycles. The van der Waals surface area contributed by atoms with Crippen LogP contribution < -0.4 is 5.32 Å². The molecule has 23 heavy (non-hydrogen) atoms. The Morgan fingerprint density at radius 3 is 2.70 bits per heavy atom. The first-order valence-electron chi connectivity index (χ1n) is 7.59. The number of carbonyl (C=O) groups excluding carboxylic acids is 1. The first kappa shape index (κ1) is 14.2. The average Bonchev–Trinajstić information content (AvgIpc) is 2.93. The van der Waals surface area contributed by atoms with E-state index in [0.29, 0.717) is 17.6 Å². The van der Waals surface area contributed by atoms with E-state index in [2.05, 4.69) is 32.2 Å². The van der Waals surface area contributed by atoms with Crippen molar-refractivity contribution in [1.82, 2.24) is 19.3 Å². The first-order valence-corrected chi connectivity index (χ1v) is 8.47. The van der Waals surface area contributed by atoms with Crippen molar-refractivity contribution < 1.29 is 4.79 Å². The molecule has 0 spiro atoms. The van der Waals surface area contributed by atoms with Crippen LogP contribution in [0.1, 0.15) is 40.6 Å². The molecular weight excluding hydrogens is 310 g/mol. The molecule has 3 aromatic rings. The highest BCUT2D eigenvalue weighted by molar-refractivity contribution is 7.13. The minimum atomic E-state index is -0.149. The summed E-state index contributed by atoms with van der Waals surface area (Å²) in [6.07, 6.45) is 3.92. The summed E-state index contributed by atoms with van der Waals surface area (Å²) in [5.74, 6) is 0.374. The van der Waals surface area contributed by atoms with E-state index < -0.39 is 0 Å². The van der Waals surface area contributed by atoms with Gasteiger partial charge in [-0.3, -0.25) is 14.7 Å². The van der Waals surface area contributed by atoms with E-state index in [1.54, 1.807) is 17.7 Å². The zero-order chi connectivity index (χ0) is 16.0. The first-order chi connectivity index (χ1) is 11.1. The minimum Gasteiger partial charge on any atom is -0.309 e. The van der Waals surface area contributed by atoms with Crippen molar-refractivity contribution in [3.05, 3.63) is 46.9 Å². The molecule has 6 nitrogen and oxygen atoms in total. The summed E-state index contributed by atoms with van der Waals surface area (Å²) in [6, 6.07) is 6.39. The van der Waals surface area contributed by atoms with Gasteiger partial charge in [-0.05, 0) is 50.3 Å². The Bertz CT molecular complexity index is 851. The molecule has 7 heteroatoms. The van der Waals surface area contributed by atoms with Gasteiger partial charge >= 0.3 is 0 Å². The van der Waals surface area contributed by atoms with Gasteiger partial charge < -0.3 is 4.57 Å². The van der Waals surface area contributed by atoms with Gasteiger partial charge in [-0.15, -0.1) is 21.5 Å². The van der Waals surface area contributed by atoms with Crippen molar-refractivity contribution in [3.63, 3.8) is 0 Å². The molecule has 0 bridgehead atoms. The van der Waals surface area contributed by atoms with Crippen LogP contribution in [-0.2, 0) is 0 Å². The van der Waals surface area contributed by atoms with Crippen LogP contribution in [0.15, 0.2) is 29.9 Å². The zero-order valence-corrected chi connectivity index (χ0v) is 13.8. The van der Waals surface area contributed by atoms with Gasteiger partial charge in [-0.25, -0.2) is 0 Å². The SMILES string of the molecule is Cc1ccc(C)n1-c1sccc1C(=O)Nc1nncn1C1CC1. The number of carbonyl (C=O) groups is 1. The van der Waals surface area contributed by atoms with E-state index >= 15 is 0 Å². The molecule has 1 fully saturated rings. The third-order valence-electron chi connectivity index (χ3n) is 4.10. The second kappa shape index (κ2) is 5.34. The van der Waals surface area contributed by atoms with Crippen LogP contribution in [-0.4, -0.2) is 25.2 Å². The van der Waals surface area contributed by atoms with Gasteiger partial charge in [0.25, 0.3) is 5.91 Å². The Morgan fingerprint density at radius 2 is 2.00 bits per heavy atom. The van der Waals surface area contributed by atoms with E-state index in [9.17, 15) is 4.79 Å². The predicted octanol–water partition coefficient (Wildman–Crippen LogP) is 3.33. The smallest absolute Gasteiger partial charge is 0.261 e. The summed E-state index contributed by atoms with van der Waals surface area (Å²) in [5, 5.41) is 13.7. The molecule has 1 aliphatic rings. The summed E-state index contributed by atoms with van der Waals surface area (Å²) in [5.41, 5.74) is 2.88. The lowest BCUT2D eigenvalue weighted by Gasteiger charge is -2.11. The Hall–Kier alpha value is -2.41. The molecule has 1 N–H and O–H groups in total. The number of thiophene rings is 1. The van der Waals surface area contributed by atoms with E-state index in [-0.39, 0.29) is 5.91 Å². The Morgan fingerprint density at radius 1 is 1.26 bits per heavy atom. The molecule has 0 radical (unpaired) electrons. The van der Waals surface area contributed by atoms with Crippen molar-refractivity contribution in [2.24, 2.45) is 0 Å². The summed E-state index contributed by atoms with van der Waals surface area (Å²) in [7, 11) is 0. The van der Waals surface area contributed by atoms with Crippen LogP contribution in [0.4, 0.5) is 5.95 Å². The van der Waals surface area contributed by atoms with E-state index in [4.69, 9.17) is 0 Å². The molecule has 4 rings (SSSR count). The number of hydrogen-bond acceptors (Lipinski definition) is 4. The second-order valence-corrected chi connectivity index (χ2v) is 6.73. The Balaban J connectivity index is 1.65. The fourth-order valence-corrected chi connectivity index (χ4v) is 3.77. The van der Waals surface area contributed by atoms with E-state index in [1.165, 1.54) is 0 Å². The van der Waals surface area contributed by atoms with Gasteiger partial charge in [-0.1, -0.05) is 0 Å². The van der Waals surface area contributed by atoms with Gasteiger partial charge in [0.15, 0.2) is 0 Å². The zero-order valence-electron chi connectivity index (χ0n) is 13.0. The van der Waals surface area contributed by atoms with Crippen molar-refractivity contribution in [2.75, 3.05) is 5.32 Å². The largest absolute Gasteiger partial charge is 0.309 e. The lowest BCUT2D eigenvalue weighted by molar-refractivity contribution is 0.102. The number of aromatic nitrogens is 4. The second-order valence-electron chi connectivity index (χ2n) is 5.84. The van der Waals surface area contributed by atoms with Crippen LogP contribution in [0.25, 0.3) is 5.00 Å². The lowest BCUT2D eigenvalue weighted by atomic mass is 10.3. The quantitative estimate of drug-likeness (QED) is 0.799. The van der Waals surface area contributed by atoms with Crippen molar-refractivity contribution in [3.8, 4) is 5.00 Å². The number of rotatable bonds is 4. The van der Waals surface area contributed by atoms with Crippen LogP contribution in [0, 0.1) is 13.8 Å². The monoisotopic (exact) mass is 327 g/mol. The molecule has 0 saturated heterocycles. The maximum Gasteiger partial charge on any atom is 0.261 e. The van der Waals surface area contributed by atoms with Crippen LogP contribution in [0.3, 0.4) is 0 Å². The van der Waals surface area contributed by atoms with Gasteiger partial charge in [0, 0.05) is 17.4 Å². The molecule has 0 aliphatic heterocycles. The highest BCUT2D eigenvalue weighted by Crippen LogP contribution is 2.36. The van der Waals surface area contributed by atoms with Gasteiger partial charge in [0.1, 0.15) is 11.3 Å². The molecule has 3 aromatic heterocycles. The average molecular weight is 327 g/mol. The van der Waals surface area contributed by atoms with Crippen molar-refractivity contribution >= 4 is 23.2 Å². The minimum absolute atomic E-state index is 0.149. The summed E-state index contributed by atoms with van der Waals surface area (Å²) < 4.78 is 4.04. The number of hydrogen-bond donors (Lipinski definition) is 1. The fraction of sp³-hybridized carbons (Fsp3) is 0.312. The highest BCUT2D eigenvalue weighted by Gasteiger charge is 2.27. The van der Waals surface area contributed by atoms with E-state index in [1.807, 2.05) is 29.9 Å². The lowest BCUT2D eigenvalue weighted by Crippen LogP contribution is -2.17. The number of amides is 1. The Labute approximate surface area is 137 Å². The number of anilines is 1. The molecular formula is C16H17N5OS. The van der Waals surface area contributed by atoms with Crippen LogP contribution in [0.2, 0.25) is 0 Å². The van der Waals surface area contributed by atoms with Gasteiger partial charge in [-0.2, -0.15) is 0 Å². The fourth-order valence-electron chi connectivity index (χ4n) is 2.76. The third-order valence-corrected chi connectivity index (χ3v) is 5.00. The third kappa shape index (κ3) is 2.46.